The zero-order chi connectivity index (χ0) is 14.0. The van der Waals surface area contributed by atoms with E-state index in [1.54, 1.807) is 14.0 Å². The van der Waals surface area contributed by atoms with Crippen LogP contribution in [-0.4, -0.2) is 18.2 Å². The molecule has 0 spiro atoms. The molecule has 0 radical (unpaired) electrons. The third-order valence-corrected chi connectivity index (χ3v) is 3.60. The van der Waals surface area contributed by atoms with Gasteiger partial charge in [-0.25, -0.2) is 0 Å². The largest absolute Gasteiger partial charge is 0.496 e. The van der Waals surface area contributed by atoms with Crippen LogP contribution in [0.3, 0.4) is 0 Å². The quantitative estimate of drug-likeness (QED) is 0.866. The van der Waals surface area contributed by atoms with E-state index in [1.807, 2.05) is 30.3 Å². The maximum atomic E-state index is 11.0. The Morgan fingerprint density at radius 1 is 1.37 bits per heavy atom. The lowest BCUT2D eigenvalue weighted by molar-refractivity contribution is -0.138. The maximum Gasteiger partial charge on any atom is 0.310 e. The van der Waals surface area contributed by atoms with Crippen LogP contribution in [0.2, 0.25) is 0 Å². The summed E-state index contributed by atoms with van der Waals surface area (Å²) < 4.78 is 5.28. The van der Waals surface area contributed by atoms with E-state index in [0.29, 0.717) is 5.88 Å². The smallest absolute Gasteiger partial charge is 0.310 e. The predicted octanol–water partition coefficient (Wildman–Crippen LogP) is 3.78. The Morgan fingerprint density at radius 3 is 2.68 bits per heavy atom. The van der Waals surface area contributed by atoms with Gasteiger partial charge < -0.3 is 9.84 Å². The molecule has 2 aromatic carbocycles. The molecule has 0 aliphatic heterocycles. The highest BCUT2D eigenvalue weighted by molar-refractivity contribution is 6.18. The number of halogens is 1. The summed E-state index contributed by atoms with van der Waals surface area (Å²) in [6.45, 7) is 1.68. The monoisotopic (exact) mass is 278 g/mol. The van der Waals surface area contributed by atoms with Crippen LogP contribution in [0.4, 0.5) is 0 Å². The molecule has 19 heavy (non-hydrogen) atoms. The van der Waals surface area contributed by atoms with Crippen molar-refractivity contribution in [1.29, 1.82) is 0 Å². The van der Waals surface area contributed by atoms with E-state index in [9.17, 15) is 4.79 Å². The third kappa shape index (κ3) is 2.51. The molecule has 0 aliphatic rings. The normalized spacial score (nSPS) is 12.4. The van der Waals surface area contributed by atoms with Gasteiger partial charge in [0, 0.05) is 5.56 Å². The molecule has 2 aromatic rings. The number of ether oxygens (including phenoxy) is 1. The summed E-state index contributed by atoms with van der Waals surface area (Å²) in [4.78, 5) is 11.0. The fourth-order valence-corrected chi connectivity index (χ4v) is 2.41. The third-order valence-electron chi connectivity index (χ3n) is 3.34. The minimum atomic E-state index is -0.828. The van der Waals surface area contributed by atoms with E-state index < -0.39 is 11.9 Å². The number of fused-ring (bicyclic) bond motifs is 1. The molecule has 2 rings (SSSR count). The van der Waals surface area contributed by atoms with E-state index in [2.05, 4.69) is 0 Å². The fraction of sp³-hybridized carbons (Fsp3) is 0.267. The minimum Gasteiger partial charge on any atom is -0.496 e. The number of hydrogen-bond donors (Lipinski definition) is 1. The van der Waals surface area contributed by atoms with E-state index in [4.69, 9.17) is 21.4 Å². The molecule has 0 fully saturated rings. The second kappa shape index (κ2) is 5.49. The van der Waals surface area contributed by atoms with Gasteiger partial charge in [-0.3, -0.25) is 4.79 Å². The number of carbonyl (C=O) groups is 1. The Kier molecular flexibility index (Phi) is 3.96. The Bertz CT molecular complexity index is 622. The van der Waals surface area contributed by atoms with Crippen LogP contribution in [0.15, 0.2) is 30.3 Å². The lowest BCUT2D eigenvalue weighted by atomic mass is 9.96. The molecule has 1 unspecified atom stereocenters. The lowest BCUT2D eigenvalue weighted by Crippen LogP contribution is -2.07. The zero-order valence-corrected chi connectivity index (χ0v) is 11.6. The van der Waals surface area contributed by atoms with Crippen molar-refractivity contribution in [2.75, 3.05) is 7.11 Å². The summed E-state index contributed by atoms with van der Waals surface area (Å²) in [7, 11) is 1.61. The average molecular weight is 279 g/mol. The number of methoxy groups -OCH3 is 1. The van der Waals surface area contributed by atoms with Crippen molar-refractivity contribution >= 4 is 28.3 Å². The van der Waals surface area contributed by atoms with Gasteiger partial charge in [0.25, 0.3) is 0 Å². The Morgan fingerprint density at radius 2 is 2.11 bits per heavy atom. The van der Waals surface area contributed by atoms with Gasteiger partial charge in [0.15, 0.2) is 0 Å². The molecule has 0 bridgehead atoms. The van der Waals surface area contributed by atoms with E-state index in [-0.39, 0.29) is 0 Å². The number of alkyl halides is 1. The molecule has 0 aliphatic carbocycles. The number of carboxylic acids is 1. The Hall–Kier alpha value is -1.74. The molecule has 100 valence electrons. The van der Waals surface area contributed by atoms with Crippen molar-refractivity contribution < 1.29 is 14.6 Å². The Balaban J connectivity index is 2.60. The Labute approximate surface area is 116 Å². The van der Waals surface area contributed by atoms with Crippen molar-refractivity contribution in [2.24, 2.45) is 0 Å². The van der Waals surface area contributed by atoms with E-state index in [0.717, 1.165) is 27.6 Å². The summed E-state index contributed by atoms with van der Waals surface area (Å²) >= 11 is 5.97. The highest BCUT2D eigenvalue weighted by Gasteiger charge is 2.15. The highest BCUT2D eigenvalue weighted by Crippen LogP contribution is 2.31. The van der Waals surface area contributed by atoms with Gasteiger partial charge in [0.2, 0.25) is 0 Å². The number of aliphatic carboxylic acids is 1. The first kappa shape index (κ1) is 13.7. The van der Waals surface area contributed by atoms with Gasteiger partial charge in [-0.05, 0) is 29.3 Å². The molecule has 1 atom stereocenters. The summed E-state index contributed by atoms with van der Waals surface area (Å²) in [5.74, 6) is -0.244. The number of carboxylic acid groups (broad SMARTS) is 1. The molecule has 3 nitrogen and oxygen atoms in total. The maximum absolute atomic E-state index is 11.0. The van der Waals surface area contributed by atoms with Crippen LogP contribution in [0.5, 0.6) is 5.75 Å². The topological polar surface area (TPSA) is 46.5 Å². The van der Waals surface area contributed by atoms with Gasteiger partial charge in [-0.1, -0.05) is 24.3 Å². The van der Waals surface area contributed by atoms with Crippen LogP contribution in [0.1, 0.15) is 24.0 Å². The van der Waals surface area contributed by atoms with Gasteiger partial charge >= 0.3 is 5.97 Å². The van der Waals surface area contributed by atoms with Crippen molar-refractivity contribution in [3.05, 3.63) is 41.5 Å². The second-order valence-corrected chi connectivity index (χ2v) is 4.69. The van der Waals surface area contributed by atoms with Crippen LogP contribution in [0.25, 0.3) is 10.8 Å². The van der Waals surface area contributed by atoms with Crippen LogP contribution in [-0.2, 0) is 10.7 Å². The number of benzene rings is 2. The molecule has 0 amide bonds. The van der Waals surface area contributed by atoms with Gasteiger partial charge in [0.05, 0.1) is 18.9 Å². The summed E-state index contributed by atoms with van der Waals surface area (Å²) in [6, 6.07) is 9.40. The summed E-state index contributed by atoms with van der Waals surface area (Å²) in [5, 5.41) is 11.0. The number of hydrogen-bond acceptors (Lipinski definition) is 2. The molecule has 0 aromatic heterocycles. The minimum absolute atomic E-state index is 0.356. The van der Waals surface area contributed by atoms with Crippen LogP contribution < -0.4 is 4.74 Å². The van der Waals surface area contributed by atoms with Crippen molar-refractivity contribution in [3.8, 4) is 5.75 Å². The van der Waals surface area contributed by atoms with Gasteiger partial charge in [0.1, 0.15) is 5.75 Å². The van der Waals surface area contributed by atoms with Crippen LogP contribution in [0, 0.1) is 0 Å². The molecular formula is C15H15ClO3. The average Bonchev–Trinajstić information content (AvgIpc) is 2.44. The van der Waals surface area contributed by atoms with Crippen molar-refractivity contribution in [2.45, 2.75) is 18.7 Å². The highest BCUT2D eigenvalue weighted by atomic mass is 35.5. The fourth-order valence-electron chi connectivity index (χ4n) is 2.13. The standard InChI is InChI=1S/C15H15ClO3/c1-9(15(17)18)10-3-5-12-11(7-10)4-6-14(19-2)13(12)8-16/h3-7,9H,8H2,1-2H3,(H,17,18). The predicted molar refractivity (Wildman–Crippen MR) is 76.1 cm³/mol. The van der Waals surface area contributed by atoms with Crippen LogP contribution >= 0.6 is 11.6 Å². The van der Waals surface area contributed by atoms with Crippen molar-refractivity contribution in [1.82, 2.24) is 0 Å². The first-order chi connectivity index (χ1) is 9.08. The zero-order valence-electron chi connectivity index (χ0n) is 10.8. The molecule has 1 N–H and O–H groups in total. The van der Waals surface area contributed by atoms with Crippen molar-refractivity contribution in [3.63, 3.8) is 0 Å². The first-order valence-corrected chi connectivity index (χ1v) is 6.50. The lowest BCUT2D eigenvalue weighted by Gasteiger charge is -2.12. The first-order valence-electron chi connectivity index (χ1n) is 5.96. The molecular weight excluding hydrogens is 264 g/mol. The molecule has 0 heterocycles. The van der Waals surface area contributed by atoms with E-state index >= 15 is 0 Å². The molecule has 0 saturated heterocycles. The summed E-state index contributed by atoms with van der Waals surface area (Å²) in [6.07, 6.45) is 0. The van der Waals surface area contributed by atoms with E-state index in [1.165, 1.54) is 0 Å². The number of rotatable bonds is 4. The molecule has 4 heteroatoms. The van der Waals surface area contributed by atoms with Gasteiger partial charge in [-0.15, -0.1) is 11.6 Å². The molecule has 0 saturated carbocycles. The van der Waals surface area contributed by atoms with Gasteiger partial charge in [-0.2, -0.15) is 0 Å². The summed E-state index contributed by atoms with van der Waals surface area (Å²) in [5.41, 5.74) is 1.71. The second-order valence-electron chi connectivity index (χ2n) is 4.42. The SMILES string of the molecule is COc1ccc2cc(C(C)C(=O)O)ccc2c1CCl.